The molecule has 1 saturated heterocycles. The molecular weight excluding hydrogens is 326 g/mol. The van der Waals surface area contributed by atoms with Gasteiger partial charge in [0.1, 0.15) is 11.9 Å². The maximum absolute atomic E-state index is 6.10. The predicted octanol–water partition coefficient (Wildman–Crippen LogP) is 3.32. The van der Waals surface area contributed by atoms with Gasteiger partial charge in [-0.05, 0) is 30.2 Å². The van der Waals surface area contributed by atoms with Crippen LogP contribution in [0.3, 0.4) is 0 Å². The summed E-state index contributed by atoms with van der Waals surface area (Å²) in [6, 6.07) is 13.7. The van der Waals surface area contributed by atoms with Crippen LogP contribution in [0.2, 0.25) is 5.02 Å². The van der Waals surface area contributed by atoms with Gasteiger partial charge in [0.05, 0.1) is 13.2 Å². The Kier molecular flexibility index (Phi) is 4.50. The highest BCUT2D eigenvalue weighted by Crippen LogP contribution is 2.33. The molecule has 5 heteroatoms. The topological polar surface area (TPSA) is 39.7 Å². The van der Waals surface area contributed by atoms with Gasteiger partial charge >= 0.3 is 0 Å². The third kappa shape index (κ3) is 3.45. The first-order valence-corrected chi connectivity index (χ1v) is 8.66. The number of fused-ring (bicyclic) bond motifs is 1. The second-order valence-electron chi connectivity index (χ2n) is 6.29. The highest BCUT2D eigenvalue weighted by molar-refractivity contribution is 6.30. The van der Waals surface area contributed by atoms with Crippen LogP contribution in [-0.4, -0.2) is 32.4 Å². The molecule has 126 valence electrons. The summed E-state index contributed by atoms with van der Waals surface area (Å²) in [6.45, 7) is 2.99. The lowest BCUT2D eigenvalue weighted by Gasteiger charge is -2.29. The van der Waals surface area contributed by atoms with Gasteiger partial charge in [0.15, 0.2) is 11.5 Å². The van der Waals surface area contributed by atoms with Gasteiger partial charge in [0.25, 0.3) is 0 Å². The molecule has 2 aliphatic heterocycles. The van der Waals surface area contributed by atoms with Crippen LogP contribution in [0.5, 0.6) is 17.2 Å². The molecule has 1 fully saturated rings. The van der Waals surface area contributed by atoms with Crippen molar-refractivity contribution in [3.05, 3.63) is 53.1 Å². The Morgan fingerprint density at radius 2 is 2.00 bits per heavy atom. The number of halogens is 1. The summed E-state index contributed by atoms with van der Waals surface area (Å²) >= 11 is 6.10. The van der Waals surface area contributed by atoms with Crippen LogP contribution in [0.4, 0.5) is 0 Å². The lowest BCUT2D eigenvalue weighted by molar-refractivity contribution is 0.125. The van der Waals surface area contributed by atoms with Crippen LogP contribution < -0.4 is 19.5 Å². The van der Waals surface area contributed by atoms with Crippen LogP contribution >= 0.6 is 11.6 Å². The molecule has 2 heterocycles. The Labute approximate surface area is 146 Å². The zero-order chi connectivity index (χ0) is 16.4. The Bertz CT molecular complexity index is 718. The third-order valence-corrected chi connectivity index (χ3v) is 4.61. The number of rotatable bonds is 5. The van der Waals surface area contributed by atoms with Gasteiger partial charge in [0, 0.05) is 30.1 Å². The number of ether oxygens (including phenoxy) is 3. The standard InChI is InChI=1S/C19H20ClNO3/c20-15-5-6-18(19(8-15)24-16-9-21-10-16)23-12-13-7-14-3-1-2-4-17(14)22-11-13/h1-6,8,13,16,21H,7,9-12H2. The summed E-state index contributed by atoms with van der Waals surface area (Å²) in [5.41, 5.74) is 1.24. The molecule has 4 rings (SSSR count). The second-order valence-corrected chi connectivity index (χ2v) is 6.73. The summed E-state index contributed by atoms with van der Waals surface area (Å²) in [4.78, 5) is 0. The quantitative estimate of drug-likeness (QED) is 0.902. The molecule has 0 aliphatic carbocycles. The van der Waals surface area contributed by atoms with E-state index in [0.29, 0.717) is 29.9 Å². The van der Waals surface area contributed by atoms with E-state index in [0.717, 1.165) is 31.0 Å². The van der Waals surface area contributed by atoms with Gasteiger partial charge in [0.2, 0.25) is 0 Å². The molecule has 24 heavy (non-hydrogen) atoms. The van der Waals surface area contributed by atoms with Gasteiger partial charge in [-0.25, -0.2) is 0 Å². The van der Waals surface area contributed by atoms with E-state index in [1.54, 1.807) is 0 Å². The van der Waals surface area contributed by atoms with Crippen molar-refractivity contribution < 1.29 is 14.2 Å². The van der Waals surface area contributed by atoms with E-state index >= 15 is 0 Å². The maximum atomic E-state index is 6.10. The van der Waals surface area contributed by atoms with Crippen LogP contribution in [0.25, 0.3) is 0 Å². The van der Waals surface area contributed by atoms with Gasteiger partial charge < -0.3 is 19.5 Å². The zero-order valence-electron chi connectivity index (χ0n) is 13.3. The minimum atomic E-state index is 0.190. The number of para-hydroxylation sites is 1. The van der Waals surface area contributed by atoms with Gasteiger partial charge in [-0.15, -0.1) is 0 Å². The van der Waals surface area contributed by atoms with Gasteiger partial charge in [-0.3, -0.25) is 0 Å². The molecule has 2 aliphatic rings. The van der Waals surface area contributed by atoms with E-state index in [1.165, 1.54) is 5.56 Å². The molecule has 0 bridgehead atoms. The van der Waals surface area contributed by atoms with E-state index in [1.807, 2.05) is 36.4 Å². The largest absolute Gasteiger partial charge is 0.493 e. The first kappa shape index (κ1) is 15.6. The number of hydrogen-bond donors (Lipinski definition) is 1. The first-order valence-electron chi connectivity index (χ1n) is 8.28. The normalized spacial score (nSPS) is 19.8. The molecule has 1 atom stereocenters. The summed E-state index contributed by atoms with van der Waals surface area (Å²) in [6.07, 6.45) is 1.16. The highest BCUT2D eigenvalue weighted by Gasteiger charge is 2.23. The number of benzene rings is 2. The average Bonchev–Trinajstić information content (AvgIpc) is 2.57. The smallest absolute Gasteiger partial charge is 0.163 e. The molecular formula is C19H20ClNO3. The van der Waals surface area contributed by atoms with E-state index < -0.39 is 0 Å². The number of hydrogen-bond acceptors (Lipinski definition) is 4. The van der Waals surface area contributed by atoms with Crippen molar-refractivity contribution in [3.8, 4) is 17.2 Å². The van der Waals surface area contributed by atoms with Gasteiger partial charge in [-0.2, -0.15) is 0 Å². The summed E-state index contributed by atoms with van der Waals surface area (Å²) in [5.74, 6) is 2.77. The molecule has 0 spiro atoms. The first-order chi connectivity index (χ1) is 11.8. The lowest BCUT2D eigenvalue weighted by atomic mass is 9.97. The molecule has 2 aromatic rings. The van der Waals surface area contributed by atoms with Crippen molar-refractivity contribution >= 4 is 11.6 Å². The van der Waals surface area contributed by atoms with Crippen molar-refractivity contribution in [3.63, 3.8) is 0 Å². The van der Waals surface area contributed by atoms with Crippen molar-refractivity contribution in [2.75, 3.05) is 26.3 Å². The Balaban J connectivity index is 1.40. The van der Waals surface area contributed by atoms with Crippen LogP contribution in [-0.2, 0) is 6.42 Å². The molecule has 4 nitrogen and oxygen atoms in total. The second kappa shape index (κ2) is 6.91. The molecule has 0 radical (unpaired) electrons. The maximum Gasteiger partial charge on any atom is 0.163 e. The van der Waals surface area contributed by atoms with Gasteiger partial charge in [-0.1, -0.05) is 29.8 Å². The summed E-state index contributed by atoms with van der Waals surface area (Å²) < 4.78 is 17.8. The molecule has 0 amide bonds. The minimum absolute atomic E-state index is 0.190. The monoisotopic (exact) mass is 345 g/mol. The minimum Gasteiger partial charge on any atom is -0.493 e. The third-order valence-electron chi connectivity index (χ3n) is 4.37. The number of nitrogens with one attached hydrogen (secondary N) is 1. The molecule has 1 N–H and O–H groups in total. The zero-order valence-corrected chi connectivity index (χ0v) is 14.1. The van der Waals surface area contributed by atoms with Crippen molar-refractivity contribution in [1.29, 1.82) is 0 Å². The average molecular weight is 346 g/mol. The van der Waals surface area contributed by atoms with Crippen molar-refractivity contribution in [1.82, 2.24) is 5.32 Å². The predicted molar refractivity (Wildman–Crippen MR) is 93.4 cm³/mol. The summed E-state index contributed by atoms with van der Waals surface area (Å²) in [7, 11) is 0. The van der Waals surface area contributed by atoms with E-state index in [-0.39, 0.29) is 6.10 Å². The van der Waals surface area contributed by atoms with Crippen LogP contribution in [0.15, 0.2) is 42.5 Å². The van der Waals surface area contributed by atoms with Crippen LogP contribution in [0, 0.1) is 5.92 Å². The molecule has 1 unspecified atom stereocenters. The molecule has 0 saturated carbocycles. The van der Waals surface area contributed by atoms with Crippen LogP contribution in [0.1, 0.15) is 5.56 Å². The highest BCUT2D eigenvalue weighted by atomic mass is 35.5. The molecule has 0 aromatic heterocycles. The van der Waals surface area contributed by atoms with E-state index in [4.69, 9.17) is 25.8 Å². The molecule has 2 aromatic carbocycles. The fourth-order valence-electron chi connectivity index (χ4n) is 2.92. The Morgan fingerprint density at radius 1 is 1.12 bits per heavy atom. The van der Waals surface area contributed by atoms with E-state index in [2.05, 4.69) is 11.4 Å². The van der Waals surface area contributed by atoms with Crippen molar-refractivity contribution in [2.45, 2.75) is 12.5 Å². The Hall–Kier alpha value is -1.91. The van der Waals surface area contributed by atoms with E-state index in [9.17, 15) is 0 Å². The summed E-state index contributed by atoms with van der Waals surface area (Å²) in [5, 5.41) is 3.85. The fraction of sp³-hybridized carbons (Fsp3) is 0.368. The lowest BCUT2D eigenvalue weighted by Crippen LogP contribution is -2.50. The Morgan fingerprint density at radius 3 is 2.83 bits per heavy atom. The van der Waals surface area contributed by atoms with Crippen molar-refractivity contribution in [2.24, 2.45) is 5.92 Å². The SMILES string of the molecule is Clc1ccc(OCC2COc3ccccc3C2)c(OC2CNC2)c1. The fourth-order valence-corrected chi connectivity index (χ4v) is 3.09.